The number of halogens is 1. The van der Waals surface area contributed by atoms with Crippen molar-refractivity contribution in [3.63, 3.8) is 0 Å². The molecule has 1 aromatic heterocycles. The van der Waals surface area contributed by atoms with E-state index in [1.165, 1.54) is 11.3 Å². The van der Waals surface area contributed by atoms with Crippen molar-refractivity contribution < 1.29 is 18.8 Å². The van der Waals surface area contributed by atoms with Crippen LogP contribution in [-0.2, 0) is 15.1 Å². The number of hydrazone groups is 1. The van der Waals surface area contributed by atoms with E-state index in [1.807, 2.05) is 31.2 Å². The molecule has 0 bridgehead atoms. The smallest absolute Gasteiger partial charge is 0.325 e. The summed E-state index contributed by atoms with van der Waals surface area (Å²) in [4.78, 5) is 40.4. The molecule has 8 nitrogen and oxygen atoms in total. The van der Waals surface area contributed by atoms with Crippen LogP contribution >= 0.6 is 11.6 Å². The first-order valence-corrected chi connectivity index (χ1v) is 11.5. The van der Waals surface area contributed by atoms with Gasteiger partial charge >= 0.3 is 6.03 Å². The van der Waals surface area contributed by atoms with Crippen LogP contribution in [0.15, 0.2) is 76.4 Å². The second-order valence-electron chi connectivity index (χ2n) is 8.84. The van der Waals surface area contributed by atoms with Crippen LogP contribution in [0.1, 0.15) is 41.8 Å². The molecule has 0 saturated carbocycles. The quantitative estimate of drug-likeness (QED) is 0.537. The first kappa shape index (κ1) is 22.9. The number of furan rings is 1. The van der Waals surface area contributed by atoms with Crippen molar-refractivity contribution in [3.8, 4) is 0 Å². The number of carbonyl (C=O) groups excluding carboxylic acids is 3. The van der Waals surface area contributed by atoms with Gasteiger partial charge in [-0.1, -0.05) is 53.6 Å². The molecule has 0 radical (unpaired) electrons. The van der Waals surface area contributed by atoms with Crippen molar-refractivity contribution in [2.75, 3.05) is 6.54 Å². The molecule has 4 amide bonds. The van der Waals surface area contributed by atoms with Crippen LogP contribution in [0.25, 0.3) is 0 Å². The third-order valence-corrected chi connectivity index (χ3v) is 6.66. The lowest BCUT2D eigenvalue weighted by Crippen LogP contribution is -2.43. The lowest BCUT2D eigenvalue weighted by atomic mass is 9.91. The zero-order chi connectivity index (χ0) is 24.7. The van der Waals surface area contributed by atoms with Crippen LogP contribution in [0.5, 0.6) is 0 Å². The van der Waals surface area contributed by atoms with E-state index in [0.717, 1.165) is 16.0 Å². The highest BCUT2D eigenvalue weighted by Gasteiger charge is 2.50. The van der Waals surface area contributed by atoms with E-state index in [9.17, 15) is 14.4 Å². The predicted molar refractivity (Wildman–Crippen MR) is 130 cm³/mol. The van der Waals surface area contributed by atoms with Gasteiger partial charge in [0.15, 0.2) is 0 Å². The Morgan fingerprint density at radius 1 is 1.14 bits per heavy atom. The van der Waals surface area contributed by atoms with Crippen molar-refractivity contribution in [1.29, 1.82) is 0 Å². The van der Waals surface area contributed by atoms with Crippen LogP contribution in [0.2, 0.25) is 5.02 Å². The summed E-state index contributed by atoms with van der Waals surface area (Å²) in [6.07, 6.45) is 1.95. The maximum absolute atomic E-state index is 13.4. The molecule has 1 fully saturated rings. The molecule has 2 unspecified atom stereocenters. The fourth-order valence-electron chi connectivity index (χ4n) is 4.39. The van der Waals surface area contributed by atoms with Crippen LogP contribution in [0.4, 0.5) is 4.79 Å². The molecule has 9 heteroatoms. The molecule has 0 spiro atoms. The minimum absolute atomic E-state index is 0.419. The summed E-state index contributed by atoms with van der Waals surface area (Å²) in [6, 6.07) is 16.9. The second kappa shape index (κ2) is 8.70. The fourth-order valence-corrected chi connectivity index (χ4v) is 4.52. The molecule has 35 heavy (non-hydrogen) atoms. The van der Waals surface area contributed by atoms with Gasteiger partial charge in [0, 0.05) is 11.4 Å². The van der Waals surface area contributed by atoms with E-state index in [2.05, 4.69) is 10.4 Å². The Morgan fingerprint density at radius 3 is 2.51 bits per heavy atom. The molecule has 3 heterocycles. The Kier molecular flexibility index (Phi) is 5.68. The number of aryl methyl sites for hydroxylation is 1. The van der Waals surface area contributed by atoms with Gasteiger partial charge in [0.1, 0.15) is 23.9 Å². The Hall–Kier alpha value is -3.91. The van der Waals surface area contributed by atoms with Crippen molar-refractivity contribution in [1.82, 2.24) is 15.2 Å². The number of benzene rings is 2. The maximum atomic E-state index is 13.4. The molecule has 178 valence electrons. The molecule has 5 rings (SSSR count). The highest BCUT2D eigenvalue weighted by molar-refractivity contribution is 6.30. The third-order valence-electron chi connectivity index (χ3n) is 6.41. The Morgan fingerprint density at radius 2 is 1.86 bits per heavy atom. The predicted octanol–water partition coefficient (Wildman–Crippen LogP) is 4.39. The third kappa shape index (κ3) is 4.10. The molecule has 2 atom stereocenters. The molecule has 2 aromatic carbocycles. The average molecular weight is 491 g/mol. The maximum Gasteiger partial charge on any atom is 0.325 e. The number of nitrogens with zero attached hydrogens (tertiary/aromatic N) is 3. The van der Waals surface area contributed by atoms with Gasteiger partial charge in [-0.05, 0) is 49.2 Å². The van der Waals surface area contributed by atoms with Gasteiger partial charge < -0.3 is 9.73 Å². The molecule has 1 saturated heterocycles. The number of hydrogen-bond acceptors (Lipinski definition) is 5. The zero-order valence-corrected chi connectivity index (χ0v) is 20.0. The number of urea groups is 1. The van der Waals surface area contributed by atoms with Crippen LogP contribution in [-0.4, -0.2) is 40.0 Å². The molecule has 0 aliphatic carbocycles. The first-order valence-electron chi connectivity index (χ1n) is 11.2. The average Bonchev–Trinajstić information content (AvgIpc) is 3.56. The van der Waals surface area contributed by atoms with Crippen LogP contribution in [0.3, 0.4) is 0 Å². The number of carbonyl (C=O) groups is 3. The molecule has 3 aromatic rings. The van der Waals surface area contributed by atoms with Gasteiger partial charge in [0.2, 0.25) is 0 Å². The van der Waals surface area contributed by atoms with Gasteiger partial charge in [0.05, 0.1) is 12.0 Å². The van der Waals surface area contributed by atoms with E-state index < -0.39 is 36.0 Å². The number of nitrogens with one attached hydrogen (secondary N) is 1. The summed E-state index contributed by atoms with van der Waals surface area (Å²) in [7, 11) is 0. The Balaban J connectivity index is 1.40. The van der Waals surface area contributed by atoms with Gasteiger partial charge in [-0.25, -0.2) is 9.80 Å². The van der Waals surface area contributed by atoms with Gasteiger partial charge in [-0.3, -0.25) is 14.5 Å². The molecule has 1 N–H and O–H groups in total. The largest absolute Gasteiger partial charge is 0.467 e. The van der Waals surface area contributed by atoms with E-state index in [0.29, 0.717) is 28.5 Å². The minimum atomic E-state index is -1.26. The molecular weight excluding hydrogens is 468 g/mol. The van der Waals surface area contributed by atoms with Gasteiger partial charge in [-0.15, -0.1) is 0 Å². The van der Waals surface area contributed by atoms with E-state index in [1.54, 1.807) is 43.3 Å². The summed E-state index contributed by atoms with van der Waals surface area (Å²) in [6.45, 7) is 3.14. The lowest BCUT2D eigenvalue weighted by Gasteiger charge is -2.24. The fraction of sp³-hybridized carbons (Fsp3) is 0.231. The number of amides is 4. The standard InChI is InChI=1S/C26H23ClN4O4/c1-16-5-9-18(10-6-16)26(2)24(33)30(25(34)28-26)15-23(32)31-21(22-4-3-13-35-22)14-20(29-31)17-7-11-19(27)12-8-17/h3-13,21H,14-15H2,1-2H3,(H,28,34). The van der Waals surface area contributed by atoms with Crippen molar-refractivity contribution in [2.24, 2.45) is 5.10 Å². The molecule has 2 aliphatic heterocycles. The van der Waals surface area contributed by atoms with Gasteiger partial charge in [0.25, 0.3) is 11.8 Å². The highest BCUT2D eigenvalue weighted by atomic mass is 35.5. The second-order valence-corrected chi connectivity index (χ2v) is 9.28. The molecular formula is C26H23ClN4O4. The first-order chi connectivity index (χ1) is 16.8. The van der Waals surface area contributed by atoms with E-state index in [4.69, 9.17) is 16.0 Å². The Labute approximate surface area is 207 Å². The number of hydrogen-bond donors (Lipinski definition) is 1. The zero-order valence-electron chi connectivity index (χ0n) is 19.2. The van der Waals surface area contributed by atoms with E-state index in [-0.39, 0.29) is 0 Å². The van der Waals surface area contributed by atoms with E-state index >= 15 is 0 Å². The topological polar surface area (TPSA) is 95.2 Å². The lowest BCUT2D eigenvalue weighted by molar-refractivity contribution is -0.140. The van der Waals surface area contributed by atoms with Crippen LogP contribution in [0, 0.1) is 6.92 Å². The normalized spacial score (nSPS) is 21.9. The SMILES string of the molecule is Cc1ccc(C2(C)NC(=O)N(CC(=O)N3N=C(c4ccc(Cl)cc4)CC3c3ccco3)C2=O)cc1. The summed E-state index contributed by atoms with van der Waals surface area (Å²) in [5.74, 6) is -0.421. The molecule has 2 aliphatic rings. The highest BCUT2D eigenvalue weighted by Crippen LogP contribution is 2.34. The van der Waals surface area contributed by atoms with Gasteiger partial charge in [-0.2, -0.15) is 5.10 Å². The Bertz CT molecular complexity index is 1320. The van der Waals surface area contributed by atoms with Crippen LogP contribution < -0.4 is 5.32 Å². The summed E-state index contributed by atoms with van der Waals surface area (Å²) >= 11 is 6.01. The summed E-state index contributed by atoms with van der Waals surface area (Å²) < 4.78 is 5.57. The minimum Gasteiger partial charge on any atom is -0.467 e. The summed E-state index contributed by atoms with van der Waals surface area (Å²) in [5.41, 5.74) is 1.93. The van der Waals surface area contributed by atoms with Crippen molar-refractivity contribution in [2.45, 2.75) is 31.8 Å². The van der Waals surface area contributed by atoms with Crippen molar-refractivity contribution in [3.05, 3.63) is 94.4 Å². The number of imide groups is 1. The monoisotopic (exact) mass is 490 g/mol. The number of rotatable bonds is 5. The van der Waals surface area contributed by atoms with Crippen molar-refractivity contribution >= 4 is 35.2 Å². The summed E-state index contributed by atoms with van der Waals surface area (Å²) in [5, 5.41) is 9.18.